The van der Waals surface area contributed by atoms with E-state index in [9.17, 15) is 5.11 Å². The van der Waals surface area contributed by atoms with Crippen molar-refractivity contribution in [3.63, 3.8) is 0 Å². The molecule has 0 radical (unpaired) electrons. The van der Waals surface area contributed by atoms with Gasteiger partial charge in [-0.2, -0.15) is 0 Å². The van der Waals surface area contributed by atoms with Crippen LogP contribution in [0.1, 0.15) is 56.2 Å². The second-order valence-electron chi connectivity index (χ2n) is 9.74. The Kier molecular flexibility index (Phi) is 8.29. The Balaban J connectivity index is 1.54. The first-order valence-electron chi connectivity index (χ1n) is 13.8. The van der Waals surface area contributed by atoms with Gasteiger partial charge < -0.3 is 19.6 Å². The monoisotopic (exact) mass is 511 g/mol. The molecule has 6 heteroatoms. The molecule has 0 amide bonds. The molecule has 0 aliphatic carbocycles. The topological polar surface area (TPSA) is 70.1 Å². The highest BCUT2D eigenvalue weighted by molar-refractivity contribution is 6.22. The molecular formula is C32H37N3O3. The van der Waals surface area contributed by atoms with Crippen LogP contribution in [-0.2, 0) is 6.54 Å². The molecule has 3 aromatic carbocycles. The summed E-state index contributed by atoms with van der Waals surface area (Å²) in [5.74, 6) is 1.36. The van der Waals surface area contributed by atoms with Gasteiger partial charge in [0.25, 0.3) is 0 Å². The van der Waals surface area contributed by atoms with Crippen LogP contribution in [0.3, 0.4) is 0 Å². The van der Waals surface area contributed by atoms with Crippen LogP contribution in [0.4, 0.5) is 5.69 Å². The van der Waals surface area contributed by atoms with Crippen molar-refractivity contribution >= 4 is 22.3 Å². The maximum atomic E-state index is 11.1. The second-order valence-corrected chi connectivity index (χ2v) is 9.74. The average molecular weight is 512 g/mol. The lowest BCUT2D eigenvalue weighted by Gasteiger charge is -2.19. The number of ether oxygens (including phenoxy) is 2. The lowest BCUT2D eigenvalue weighted by molar-refractivity contribution is 0.277. The summed E-state index contributed by atoms with van der Waals surface area (Å²) in [6.07, 6.45) is 5.25. The van der Waals surface area contributed by atoms with Gasteiger partial charge in [-0.25, -0.2) is 4.99 Å². The van der Waals surface area contributed by atoms with E-state index in [0.29, 0.717) is 36.0 Å². The summed E-state index contributed by atoms with van der Waals surface area (Å²) in [5, 5.41) is 11.9. The van der Waals surface area contributed by atoms with Gasteiger partial charge in [-0.05, 0) is 63.5 Å². The third-order valence-corrected chi connectivity index (χ3v) is 7.01. The van der Waals surface area contributed by atoms with Crippen molar-refractivity contribution in [2.45, 2.75) is 46.1 Å². The molecule has 6 nitrogen and oxygen atoms in total. The first-order chi connectivity index (χ1) is 18.7. The third kappa shape index (κ3) is 5.86. The first-order valence-corrected chi connectivity index (χ1v) is 13.8. The number of hydrogen-bond acceptors (Lipinski definition) is 5. The standard InChI is InChI=1S/C32H37N3O3/c1-3-37-28-20-26-27(21-29(28)38-4-2)34-32(36)30(26)31(24-12-8-7-9-13-24)33-25-16-14-23(15-17-25)22-35-18-10-5-6-11-19-35/h7-9,12-17,20-21,34,36H,3-6,10-11,18-19,22H2,1-2H3. The number of likely N-dealkylation sites (tertiary alicyclic amines) is 1. The molecule has 1 aliphatic rings. The van der Waals surface area contributed by atoms with Crippen molar-refractivity contribution in [1.82, 2.24) is 9.88 Å². The van der Waals surface area contributed by atoms with Crippen molar-refractivity contribution < 1.29 is 14.6 Å². The van der Waals surface area contributed by atoms with Crippen LogP contribution in [0.5, 0.6) is 17.4 Å². The van der Waals surface area contributed by atoms with E-state index in [1.165, 1.54) is 44.3 Å². The summed E-state index contributed by atoms with van der Waals surface area (Å²) in [7, 11) is 0. The zero-order valence-corrected chi connectivity index (χ0v) is 22.4. The number of fused-ring (bicyclic) bond motifs is 1. The molecule has 198 valence electrons. The van der Waals surface area contributed by atoms with Crippen molar-refractivity contribution in [1.29, 1.82) is 0 Å². The first kappa shape index (κ1) is 25.9. The molecule has 1 fully saturated rings. The number of H-pyrrole nitrogens is 1. The molecule has 2 heterocycles. The molecule has 1 saturated heterocycles. The Bertz CT molecular complexity index is 1370. The van der Waals surface area contributed by atoms with E-state index in [2.05, 4.69) is 34.1 Å². The normalized spacial score (nSPS) is 14.9. The van der Waals surface area contributed by atoms with Crippen LogP contribution in [0.2, 0.25) is 0 Å². The molecule has 0 atom stereocenters. The molecule has 4 aromatic rings. The molecule has 0 spiro atoms. The van der Waals surface area contributed by atoms with E-state index in [4.69, 9.17) is 14.5 Å². The summed E-state index contributed by atoms with van der Waals surface area (Å²) in [4.78, 5) is 10.7. The summed E-state index contributed by atoms with van der Waals surface area (Å²) in [6.45, 7) is 8.25. The highest BCUT2D eigenvalue weighted by Crippen LogP contribution is 2.38. The highest BCUT2D eigenvalue weighted by Gasteiger charge is 2.21. The van der Waals surface area contributed by atoms with Crippen LogP contribution in [0.25, 0.3) is 10.9 Å². The fourth-order valence-electron chi connectivity index (χ4n) is 5.18. The molecule has 0 bridgehead atoms. The van der Waals surface area contributed by atoms with E-state index in [-0.39, 0.29) is 5.88 Å². The number of aromatic hydroxyl groups is 1. The Morgan fingerprint density at radius 1 is 0.868 bits per heavy atom. The van der Waals surface area contributed by atoms with Crippen molar-refractivity contribution in [2.24, 2.45) is 4.99 Å². The fraction of sp³-hybridized carbons (Fsp3) is 0.344. The van der Waals surface area contributed by atoms with E-state index >= 15 is 0 Å². The van der Waals surface area contributed by atoms with Gasteiger partial charge in [0.05, 0.1) is 35.7 Å². The molecule has 0 unspecified atom stereocenters. The van der Waals surface area contributed by atoms with Gasteiger partial charge in [-0.1, -0.05) is 55.3 Å². The Labute approximate surface area is 224 Å². The Morgan fingerprint density at radius 3 is 2.18 bits per heavy atom. The minimum absolute atomic E-state index is 0.0662. The number of rotatable bonds is 9. The molecule has 0 saturated carbocycles. The van der Waals surface area contributed by atoms with Gasteiger partial charge in [0, 0.05) is 23.6 Å². The smallest absolute Gasteiger partial charge is 0.199 e. The van der Waals surface area contributed by atoms with E-state index in [0.717, 1.165) is 28.7 Å². The van der Waals surface area contributed by atoms with Crippen LogP contribution in [-0.4, -0.2) is 47.0 Å². The summed E-state index contributed by atoms with van der Waals surface area (Å²) >= 11 is 0. The minimum Gasteiger partial charge on any atom is -0.494 e. The predicted octanol–water partition coefficient (Wildman–Crippen LogP) is 7.22. The van der Waals surface area contributed by atoms with E-state index in [1.807, 2.05) is 56.3 Å². The number of nitrogens with zero attached hydrogens (tertiary/aromatic N) is 2. The molecule has 2 N–H and O–H groups in total. The minimum atomic E-state index is 0.0662. The summed E-state index contributed by atoms with van der Waals surface area (Å²) in [6, 6.07) is 22.3. The average Bonchev–Trinajstić information content (AvgIpc) is 3.07. The summed E-state index contributed by atoms with van der Waals surface area (Å²) in [5.41, 5.74) is 5.16. The maximum absolute atomic E-state index is 11.1. The van der Waals surface area contributed by atoms with Crippen LogP contribution in [0.15, 0.2) is 71.7 Å². The molecular weight excluding hydrogens is 474 g/mol. The highest BCUT2D eigenvalue weighted by atomic mass is 16.5. The third-order valence-electron chi connectivity index (χ3n) is 7.01. The van der Waals surface area contributed by atoms with Crippen LogP contribution >= 0.6 is 0 Å². The lowest BCUT2D eigenvalue weighted by Crippen LogP contribution is -2.23. The van der Waals surface area contributed by atoms with Crippen LogP contribution < -0.4 is 9.47 Å². The van der Waals surface area contributed by atoms with Crippen molar-refractivity contribution in [3.8, 4) is 17.4 Å². The van der Waals surface area contributed by atoms with Gasteiger partial charge in [-0.15, -0.1) is 0 Å². The van der Waals surface area contributed by atoms with Gasteiger partial charge in [0.1, 0.15) is 0 Å². The lowest BCUT2D eigenvalue weighted by atomic mass is 10.0. The fourth-order valence-corrected chi connectivity index (χ4v) is 5.18. The van der Waals surface area contributed by atoms with Gasteiger partial charge in [0.2, 0.25) is 0 Å². The Morgan fingerprint density at radius 2 is 1.53 bits per heavy atom. The zero-order chi connectivity index (χ0) is 26.3. The second kappa shape index (κ2) is 12.2. The number of aromatic nitrogens is 1. The van der Waals surface area contributed by atoms with Gasteiger partial charge >= 0.3 is 0 Å². The largest absolute Gasteiger partial charge is 0.494 e. The quantitative estimate of drug-likeness (QED) is 0.233. The molecule has 38 heavy (non-hydrogen) atoms. The van der Waals surface area contributed by atoms with Crippen molar-refractivity contribution in [3.05, 3.63) is 83.4 Å². The SMILES string of the molecule is CCOc1cc2[nH]c(O)c(C(=Nc3ccc(CN4CCCCCC4)cc3)c3ccccc3)c2cc1OCC. The van der Waals surface area contributed by atoms with E-state index in [1.54, 1.807) is 0 Å². The number of aromatic amines is 1. The van der Waals surface area contributed by atoms with Crippen LogP contribution in [0, 0.1) is 0 Å². The van der Waals surface area contributed by atoms with Crippen molar-refractivity contribution in [2.75, 3.05) is 26.3 Å². The number of aliphatic imine (C=N–C) groups is 1. The number of benzene rings is 3. The number of hydrogen-bond donors (Lipinski definition) is 2. The molecule has 1 aromatic heterocycles. The summed E-state index contributed by atoms with van der Waals surface area (Å²) < 4.78 is 11.7. The Hall–Kier alpha value is -3.77. The van der Waals surface area contributed by atoms with Gasteiger partial charge in [0.15, 0.2) is 17.4 Å². The zero-order valence-electron chi connectivity index (χ0n) is 22.4. The van der Waals surface area contributed by atoms with E-state index < -0.39 is 0 Å². The number of nitrogens with one attached hydrogen (secondary N) is 1. The maximum Gasteiger partial charge on any atom is 0.199 e. The molecule has 5 rings (SSSR count). The van der Waals surface area contributed by atoms with Gasteiger partial charge in [-0.3, -0.25) is 4.90 Å². The predicted molar refractivity (Wildman–Crippen MR) is 154 cm³/mol. The molecule has 1 aliphatic heterocycles.